The molecule has 4 heterocycles. The summed E-state index contributed by atoms with van der Waals surface area (Å²) in [6.07, 6.45) is 10.1. The summed E-state index contributed by atoms with van der Waals surface area (Å²) in [7, 11) is 0. The zero-order valence-electron chi connectivity index (χ0n) is 17.4. The first kappa shape index (κ1) is 19.9. The van der Waals surface area contributed by atoms with Crippen LogP contribution >= 0.6 is 15.9 Å². The fourth-order valence-corrected chi connectivity index (χ4v) is 4.72. The molecule has 156 valence electrons. The maximum atomic E-state index is 6.09. The van der Waals surface area contributed by atoms with Gasteiger partial charge in [0.25, 0.3) is 0 Å². The first-order valence-electron chi connectivity index (χ1n) is 10.7. The summed E-state index contributed by atoms with van der Waals surface area (Å²) in [6, 6.07) is 12.0. The number of anilines is 1. The highest BCUT2D eigenvalue weighted by Crippen LogP contribution is 2.35. The third-order valence-electron chi connectivity index (χ3n) is 5.58. The van der Waals surface area contributed by atoms with Gasteiger partial charge in [-0.2, -0.15) is 0 Å². The molecule has 1 aliphatic rings. The number of aromatic nitrogens is 3. The van der Waals surface area contributed by atoms with E-state index in [9.17, 15) is 0 Å². The van der Waals surface area contributed by atoms with Crippen LogP contribution < -0.4 is 5.32 Å². The van der Waals surface area contributed by atoms with Crippen LogP contribution in [0.5, 0.6) is 0 Å². The Labute approximate surface area is 190 Å². The van der Waals surface area contributed by atoms with E-state index in [0.717, 1.165) is 27.2 Å². The van der Waals surface area contributed by atoms with Gasteiger partial charge in [0.1, 0.15) is 17.2 Å². The zero-order valence-corrected chi connectivity index (χ0v) is 18.9. The van der Waals surface area contributed by atoms with Crippen LogP contribution in [0.1, 0.15) is 49.1 Å². The monoisotopic (exact) mass is 474 g/mol. The Morgan fingerprint density at radius 3 is 2.81 bits per heavy atom. The lowest BCUT2D eigenvalue weighted by Gasteiger charge is -2.24. The average Bonchev–Trinajstić information content (AvgIpc) is 3.39. The second-order valence-electron chi connectivity index (χ2n) is 7.98. The third kappa shape index (κ3) is 4.24. The summed E-state index contributed by atoms with van der Waals surface area (Å²) < 4.78 is 9.18. The number of pyridine rings is 2. The van der Waals surface area contributed by atoms with E-state index in [1.165, 1.54) is 32.1 Å². The molecule has 0 aliphatic heterocycles. The Morgan fingerprint density at radius 2 is 2.00 bits per heavy atom. The normalized spacial score (nSPS) is 14.4. The molecule has 0 aromatic carbocycles. The van der Waals surface area contributed by atoms with Gasteiger partial charge >= 0.3 is 0 Å². The van der Waals surface area contributed by atoms with Crippen LogP contribution in [0, 0.1) is 18.8 Å². The molecule has 31 heavy (non-hydrogen) atoms. The van der Waals surface area contributed by atoms with Crippen LogP contribution in [0.2, 0.25) is 0 Å². The van der Waals surface area contributed by atoms with Crippen molar-refractivity contribution in [1.82, 2.24) is 14.4 Å². The topological polar surface area (TPSA) is 55.4 Å². The van der Waals surface area contributed by atoms with E-state index < -0.39 is 0 Å². The van der Waals surface area contributed by atoms with Gasteiger partial charge in [0.05, 0.1) is 4.47 Å². The molecule has 1 saturated carbocycles. The van der Waals surface area contributed by atoms with Crippen molar-refractivity contribution in [3.8, 4) is 23.3 Å². The number of halogens is 1. The minimum atomic E-state index is 0.449. The first-order valence-corrected chi connectivity index (χ1v) is 11.4. The molecule has 5 rings (SSSR count). The molecule has 0 radical (unpaired) electrons. The van der Waals surface area contributed by atoms with Crippen molar-refractivity contribution in [1.29, 1.82) is 0 Å². The molecule has 1 fully saturated rings. The standard InChI is InChI=1S/C25H23BrN4O/c1-17-15-21(26)24-29-23(25(30(24)16-17)28-19-8-3-2-4-9-19)22-13-12-20(31-22)11-10-18-7-5-6-14-27-18/h5-7,12-16,19,28H,2-4,8-9H2,1H3. The van der Waals surface area contributed by atoms with Crippen molar-refractivity contribution in [2.45, 2.75) is 45.1 Å². The minimum absolute atomic E-state index is 0.449. The smallest absolute Gasteiger partial charge is 0.178 e. The van der Waals surface area contributed by atoms with Crippen molar-refractivity contribution in [2.24, 2.45) is 0 Å². The Morgan fingerprint density at radius 1 is 1.13 bits per heavy atom. The fraction of sp³-hybridized carbons (Fsp3) is 0.280. The number of nitrogens with one attached hydrogen (secondary N) is 1. The van der Waals surface area contributed by atoms with Gasteiger partial charge in [-0.1, -0.05) is 25.3 Å². The van der Waals surface area contributed by atoms with Gasteiger partial charge in [0.15, 0.2) is 17.2 Å². The highest BCUT2D eigenvalue weighted by Gasteiger charge is 2.22. The summed E-state index contributed by atoms with van der Waals surface area (Å²) in [5.74, 6) is 8.38. The van der Waals surface area contributed by atoms with Crippen LogP contribution in [-0.2, 0) is 0 Å². The first-order chi connectivity index (χ1) is 15.2. The summed E-state index contributed by atoms with van der Waals surface area (Å²) >= 11 is 3.68. The predicted octanol–water partition coefficient (Wildman–Crippen LogP) is 6.20. The largest absolute Gasteiger partial charge is 0.446 e. The van der Waals surface area contributed by atoms with Crippen molar-refractivity contribution in [2.75, 3.05) is 5.32 Å². The van der Waals surface area contributed by atoms with Crippen LogP contribution in [-0.4, -0.2) is 20.4 Å². The molecule has 5 nitrogen and oxygen atoms in total. The number of hydrogen-bond acceptors (Lipinski definition) is 4. The van der Waals surface area contributed by atoms with Crippen LogP contribution in [0.15, 0.2) is 57.7 Å². The van der Waals surface area contributed by atoms with E-state index >= 15 is 0 Å². The van der Waals surface area contributed by atoms with E-state index in [1.807, 2.05) is 30.3 Å². The van der Waals surface area contributed by atoms with Crippen LogP contribution in [0.25, 0.3) is 17.1 Å². The van der Waals surface area contributed by atoms with Crippen LogP contribution in [0.4, 0.5) is 5.82 Å². The van der Waals surface area contributed by atoms with Gasteiger partial charge in [-0.3, -0.25) is 4.40 Å². The SMILES string of the molecule is Cc1cc(Br)c2nc(-c3ccc(C#Cc4ccccn4)o3)c(NC3CCCCC3)n2c1. The van der Waals surface area contributed by atoms with Crippen molar-refractivity contribution >= 4 is 27.4 Å². The number of nitrogens with zero attached hydrogens (tertiary/aromatic N) is 3. The van der Waals surface area contributed by atoms with Crippen molar-refractivity contribution < 1.29 is 4.42 Å². The molecular weight excluding hydrogens is 452 g/mol. The minimum Gasteiger partial charge on any atom is -0.446 e. The van der Waals surface area contributed by atoms with E-state index in [-0.39, 0.29) is 0 Å². The Balaban J connectivity index is 1.55. The molecule has 1 aliphatic carbocycles. The highest BCUT2D eigenvalue weighted by atomic mass is 79.9. The third-order valence-corrected chi connectivity index (χ3v) is 6.16. The van der Waals surface area contributed by atoms with Gasteiger partial charge in [-0.15, -0.1) is 0 Å². The molecular formula is C25H23BrN4O. The Kier molecular flexibility index (Phi) is 5.52. The quantitative estimate of drug-likeness (QED) is 0.358. The number of hydrogen-bond donors (Lipinski definition) is 1. The molecule has 1 N–H and O–H groups in total. The number of imidazole rings is 1. The van der Waals surface area contributed by atoms with Crippen molar-refractivity contribution in [3.63, 3.8) is 0 Å². The van der Waals surface area contributed by atoms with E-state index in [4.69, 9.17) is 9.40 Å². The second-order valence-corrected chi connectivity index (χ2v) is 8.83. The summed E-state index contributed by atoms with van der Waals surface area (Å²) in [6.45, 7) is 2.09. The second kappa shape index (κ2) is 8.60. The molecule has 4 aromatic rings. The number of aryl methyl sites for hydroxylation is 1. The average molecular weight is 475 g/mol. The number of fused-ring (bicyclic) bond motifs is 1. The van der Waals surface area contributed by atoms with Gasteiger partial charge in [0.2, 0.25) is 0 Å². The van der Waals surface area contributed by atoms with Crippen molar-refractivity contribution in [3.05, 3.63) is 70.3 Å². The summed E-state index contributed by atoms with van der Waals surface area (Å²) in [5.41, 5.74) is 3.56. The van der Waals surface area contributed by atoms with E-state index in [2.05, 4.69) is 61.7 Å². The summed E-state index contributed by atoms with van der Waals surface area (Å²) in [5, 5.41) is 3.77. The van der Waals surface area contributed by atoms with Gasteiger partial charge in [-0.05, 0) is 83.4 Å². The highest BCUT2D eigenvalue weighted by molar-refractivity contribution is 9.10. The van der Waals surface area contributed by atoms with Gasteiger partial charge < -0.3 is 9.73 Å². The van der Waals surface area contributed by atoms with Gasteiger partial charge in [0, 0.05) is 18.4 Å². The van der Waals surface area contributed by atoms with Crippen LogP contribution in [0.3, 0.4) is 0 Å². The molecule has 0 unspecified atom stereocenters. The number of furan rings is 1. The lowest BCUT2D eigenvalue weighted by molar-refractivity contribution is 0.461. The predicted molar refractivity (Wildman–Crippen MR) is 126 cm³/mol. The maximum absolute atomic E-state index is 6.09. The summed E-state index contributed by atoms with van der Waals surface area (Å²) in [4.78, 5) is 9.16. The zero-order chi connectivity index (χ0) is 21.2. The molecule has 0 atom stereocenters. The Bertz CT molecular complexity index is 1270. The maximum Gasteiger partial charge on any atom is 0.178 e. The lowest BCUT2D eigenvalue weighted by Crippen LogP contribution is -2.23. The molecule has 6 heteroatoms. The van der Waals surface area contributed by atoms with Gasteiger partial charge in [-0.25, -0.2) is 9.97 Å². The molecule has 0 saturated heterocycles. The van der Waals surface area contributed by atoms with E-state index in [1.54, 1.807) is 6.20 Å². The fourth-order valence-electron chi connectivity index (χ4n) is 4.08. The molecule has 0 spiro atoms. The molecule has 0 bridgehead atoms. The Hall–Kier alpha value is -3.04. The molecule has 0 amide bonds. The molecule has 4 aromatic heterocycles. The number of rotatable bonds is 3. The lowest BCUT2D eigenvalue weighted by atomic mass is 9.95. The van der Waals surface area contributed by atoms with E-state index in [0.29, 0.717) is 23.3 Å².